The number of benzene rings is 1. The molecule has 20 heavy (non-hydrogen) atoms. The van der Waals surface area contributed by atoms with Crippen LogP contribution >= 0.6 is 22.9 Å². The number of carbonyl (C=O) groups excluding carboxylic acids is 1. The molecule has 9 heteroatoms. The van der Waals surface area contributed by atoms with Gasteiger partial charge in [0.25, 0.3) is 5.91 Å². The van der Waals surface area contributed by atoms with Crippen LogP contribution in [0.25, 0.3) is 0 Å². The van der Waals surface area contributed by atoms with Gasteiger partial charge in [-0.05, 0) is 29.6 Å². The van der Waals surface area contributed by atoms with E-state index in [1.807, 2.05) is 0 Å². The lowest BCUT2D eigenvalue weighted by Crippen LogP contribution is -2.15. The zero-order chi connectivity index (χ0) is 14.9. The first-order chi connectivity index (χ1) is 9.27. The molecule has 1 aromatic heterocycles. The second-order valence-electron chi connectivity index (χ2n) is 3.77. The van der Waals surface area contributed by atoms with E-state index >= 15 is 0 Å². The lowest BCUT2D eigenvalue weighted by molar-refractivity contribution is 0.103. The SMILES string of the molecule is NS(=O)(=O)c1cc(F)cc(NC(=O)c2sccc2Cl)c1. The first kappa shape index (κ1) is 14.9. The third-order valence-electron chi connectivity index (χ3n) is 2.28. The van der Waals surface area contributed by atoms with E-state index in [1.54, 1.807) is 11.4 Å². The molecule has 0 aliphatic heterocycles. The fraction of sp³-hybridized carbons (Fsp3) is 0. The van der Waals surface area contributed by atoms with Crippen molar-refractivity contribution in [2.24, 2.45) is 5.14 Å². The highest BCUT2D eigenvalue weighted by atomic mass is 35.5. The van der Waals surface area contributed by atoms with Crippen LogP contribution in [0.3, 0.4) is 0 Å². The predicted octanol–water partition coefficient (Wildman–Crippen LogP) is 2.44. The summed E-state index contributed by atoms with van der Waals surface area (Å²) in [5, 5.41) is 9.17. The molecule has 3 N–H and O–H groups in total. The average Bonchev–Trinajstić information content (AvgIpc) is 2.73. The zero-order valence-electron chi connectivity index (χ0n) is 9.76. The fourth-order valence-electron chi connectivity index (χ4n) is 1.44. The van der Waals surface area contributed by atoms with E-state index in [0.29, 0.717) is 0 Å². The molecule has 1 amide bonds. The summed E-state index contributed by atoms with van der Waals surface area (Å²) in [4.78, 5) is 11.7. The van der Waals surface area contributed by atoms with Crippen molar-refractivity contribution in [1.82, 2.24) is 0 Å². The summed E-state index contributed by atoms with van der Waals surface area (Å²) in [7, 11) is -4.06. The Bertz CT molecular complexity index is 774. The van der Waals surface area contributed by atoms with Crippen molar-refractivity contribution < 1.29 is 17.6 Å². The molecule has 1 aromatic carbocycles. The number of primary sulfonamides is 1. The first-order valence-electron chi connectivity index (χ1n) is 5.15. The third kappa shape index (κ3) is 3.34. The minimum atomic E-state index is -4.06. The Morgan fingerprint density at radius 2 is 2.05 bits per heavy atom. The molecule has 2 aromatic rings. The van der Waals surface area contributed by atoms with Gasteiger partial charge in [-0.15, -0.1) is 11.3 Å². The maximum absolute atomic E-state index is 13.3. The number of halogens is 2. The largest absolute Gasteiger partial charge is 0.321 e. The molecule has 5 nitrogen and oxygen atoms in total. The van der Waals surface area contributed by atoms with E-state index in [9.17, 15) is 17.6 Å². The summed E-state index contributed by atoms with van der Waals surface area (Å²) < 4.78 is 35.7. The molecular formula is C11H8ClFN2O3S2. The van der Waals surface area contributed by atoms with E-state index < -0.39 is 26.6 Å². The van der Waals surface area contributed by atoms with Gasteiger partial charge in [-0.3, -0.25) is 4.79 Å². The van der Waals surface area contributed by atoms with Gasteiger partial charge in [0.15, 0.2) is 0 Å². The normalized spacial score (nSPS) is 11.3. The van der Waals surface area contributed by atoms with Crippen molar-refractivity contribution in [2.45, 2.75) is 4.90 Å². The molecule has 0 saturated heterocycles. The summed E-state index contributed by atoms with van der Waals surface area (Å²) >= 11 is 6.91. The monoisotopic (exact) mass is 334 g/mol. The fourth-order valence-corrected chi connectivity index (χ4v) is 3.05. The minimum absolute atomic E-state index is 0.0245. The Morgan fingerprint density at radius 1 is 1.35 bits per heavy atom. The van der Waals surface area contributed by atoms with Crippen molar-refractivity contribution >= 4 is 44.6 Å². The number of hydrogen-bond donors (Lipinski definition) is 2. The Morgan fingerprint density at radius 3 is 2.60 bits per heavy atom. The third-order valence-corrected chi connectivity index (χ3v) is 4.51. The number of carbonyl (C=O) groups is 1. The first-order valence-corrected chi connectivity index (χ1v) is 7.95. The second kappa shape index (κ2) is 5.49. The van der Waals surface area contributed by atoms with Gasteiger partial charge in [0.1, 0.15) is 10.7 Å². The van der Waals surface area contributed by atoms with Gasteiger partial charge < -0.3 is 5.32 Å². The summed E-state index contributed by atoms with van der Waals surface area (Å²) in [5.74, 6) is -1.39. The molecule has 0 fully saturated rings. The molecule has 0 aliphatic carbocycles. The Labute approximate surface area is 123 Å². The van der Waals surface area contributed by atoms with Crippen molar-refractivity contribution in [3.8, 4) is 0 Å². The molecular weight excluding hydrogens is 327 g/mol. The van der Waals surface area contributed by atoms with Crippen LogP contribution < -0.4 is 10.5 Å². The lowest BCUT2D eigenvalue weighted by atomic mass is 10.3. The van der Waals surface area contributed by atoms with Crippen molar-refractivity contribution in [2.75, 3.05) is 5.32 Å². The molecule has 0 aliphatic rings. The Balaban J connectivity index is 2.33. The maximum Gasteiger partial charge on any atom is 0.267 e. The van der Waals surface area contributed by atoms with Gasteiger partial charge >= 0.3 is 0 Å². The Kier molecular flexibility index (Phi) is 4.09. The van der Waals surface area contributed by atoms with Crippen LogP contribution in [0.15, 0.2) is 34.5 Å². The molecule has 106 valence electrons. The number of anilines is 1. The number of nitrogens with one attached hydrogen (secondary N) is 1. The molecule has 0 radical (unpaired) electrons. The Hall–Kier alpha value is -1.48. The van der Waals surface area contributed by atoms with Crippen molar-refractivity contribution in [3.63, 3.8) is 0 Å². The van der Waals surface area contributed by atoms with E-state index in [4.69, 9.17) is 16.7 Å². The molecule has 1 heterocycles. The van der Waals surface area contributed by atoms with E-state index in [0.717, 1.165) is 29.5 Å². The quantitative estimate of drug-likeness (QED) is 0.903. The summed E-state index contributed by atoms with van der Waals surface area (Å²) in [5.41, 5.74) is -0.0245. The molecule has 0 bridgehead atoms. The number of hydrogen-bond acceptors (Lipinski definition) is 4. The molecule has 0 saturated carbocycles. The number of nitrogens with two attached hydrogens (primary N) is 1. The number of amides is 1. The smallest absolute Gasteiger partial charge is 0.267 e. The summed E-state index contributed by atoms with van der Waals surface area (Å²) in [6.07, 6.45) is 0. The van der Waals surface area contributed by atoms with Gasteiger partial charge in [0.2, 0.25) is 10.0 Å². The second-order valence-corrected chi connectivity index (χ2v) is 6.66. The summed E-state index contributed by atoms with van der Waals surface area (Å²) in [6.45, 7) is 0. The van der Waals surface area contributed by atoms with Crippen LogP contribution in [0, 0.1) is 5.82 Å². The van der Waals surface area contributed by atoms with Crippen LogP contribution in [0.2, 0.25) is 5.02 Å². The van der Waals surface area contributed by atoms with E-state index in [2.05, 4.69) is 5.32 Å². The predicted molar refractivity (Wildman–Crippen MR) is 75.1 cm³/mol. The van der Waals surface area contributed by atoms with Crippen LogP contribution in [0.5, 0.6) is 0 Å². The zero-order valence-corrected chi connectivity index (χ0v) is 12.2. The van der Waals surface area contributed by atoms with Gasteiger partial charge in [-0.1, -0.05) is 11.6 Å². The summed E-state index contributed by atoms with van der Waals surface area (Å²) in [6, 6.07) is 4.36. The molecule has 2 rings (SSSR count). The van der Waals surface area contributed by atoms with Crippen LogP contribution in [0.4, 0.5) is 10.1 Å². The van der Waals surface area contributed by atoms with E-state index in [1.165, 1.54) is 0 Å². The molecule has 0 atom stereocenters. The van der Waals surface area contributed by atoms with Gasteiger partial charge in [-0.25, -0.2) is 17.9 Å². The highest BCUT2D eigenvalue weighted by molar-refractivity contribution is 7.89. The lowest BCUT2D eigenvalue weighted by Gasteiger charge is -2.06. The van der Waals surface area contributed by atoms with Gasteiger partial charge in [-0.2, -0.15) is 0 Å². The van der Waals surface area contributed by atoms with Gasteiger partial charge in [0.05, 0.1) is 9.92 Å². The number of rotatable bonds is 3. The van der Waals surface area contributed by atoms with Crippen LogP contribution in [0.1, 0.15) is 9.67 Å². The molecule has 0 unspecified atom stereocenters. The van der Waals surface area contributed by atoms with Crippen LogP contribution in [-0.2, 0) is 10.0 Å². The standard InChI is InChI=1S/C11H8ClFN2O3S2/c12-9-1-2-19-10(9)11(16)15-7-3-6(13)4-8(5-7)20(14,17)18/h1-5H,(H,15,16)(H2,14,17,18). The highest BCUT2D eigenvalue weighted by Gasteiger charge is 2.15. The topological polar surface area (TPSA) is 89.3 Å². The number of sulfonamides is 1. The molecule has 0 spiro atoms. The van der Waals surface area contributed by atoms with E-state index in [-0.39, 0.29) is 15.6 Å². The highest BCUT2D eigenvalue weighted by Crippen LogP contribution is 2.24. The van der Waals surface area contributed by atoms with Crippen molar-refractivity contribution in [3.05, 3.63) is 45.4 Å². The minimum Gasteiger partial charge on any atom is -0.321 e. The maximum atomic E-state index is 13.3. The number of thiophene rings is 1. The van der Waals surface area contributed by atoms with Crippen molar-refractivity contribution in [1.29, 1.82) is 0 Å². The van der Waals surface area contributed by atoms with Gasteiger partial charge in [0, 0.05) is 5.69 Å². The average molecular weight is 335 g/mol. The van der Waals surface area contributed by atoms with Crippen LogP contribution in [-0.4, -0.2) is 14.3 Å².